The Morgan fingerprint density at radius 2 is 1.78 bits per heavy atom. The lowest BCUT2D eigenvalue weighted by Crippen LogP contribution is -2.50. The van der Waals surface area contributed by atoms with Gasteiger partial charge >= 0.3 is 0 Å². The number of anilines is 1. The summed E-state index contributed by atoms with van der Waals surface area (Å²) in [6, 6.07) is 7.90. The summed E-state index contributed by atoms with van der Waals surface area (Å²) in [5.41, 5.74) is 3.17. The molecule has 1 aromatic carbocycles. The minimum absolute atomic E-state index is 0.0378. The molecular weight excluding hydrogens is 360 g/mol. The minimum Gasteiger partial charge on any atom is -0.353 e. The Hall–Kier alpha value is -2.14. The lowest BCUT2D eigenvalue weighted by Gasteiger charge is -2.37. The smallest absolute Gasteiger partial charge is 0.225 e. The molecule has 3 rings (SSSR count). The molecular formula is C21H27ClN4O. The van der Waals surface area contributed by atoms with Gasteiger partial charge in [0.05, 0.1) is 0 Å². The summed E-state index contributed by atoms with van der Waals surface area (Å²) in [7, 11) is 0. The van der Waals surface area contributed by atoms with Crippen molar-refractivity contribution < 1.29 is 4.79 Å². The van der Waals surface area contributed by atoms with Crippen LogP contribution in [0.3, 0.4) is 0 Å². The fourth-order valence-electron chi connectivity index (χ4n) is 3.52. The molecule has 1 amide bonds. The van der Waals surface area contributed by atoms with Gasteiger partial charge < -0.3 is 9.80 Å². The quantitative estimate of drug-likeness (QED) is 0.804. The minimum atomic E-state index is 0.0378. The molecule has 0 aliphatic carbocycles. The number of piperazine rings is 1. The molecule has 1 aromatic heterocycles. The van der Waals surface area contributed by atoms with E-state index in [0.717, 1.165) is 59.7 Å². The van der Waals surface area contributed by atoms with Crippen LogP contribution in [0.2, 0.25) is 5.02 Å². The summed E-state index contributed by atoms with van der Waals surface area (Å²) >= 11 is 6.38. The standard InChI is InChI=1S/C21H27ClN4O/c1-14(2)21(27)26-11-9-25(10-12-26)20-18(15(3)23-16(4)24-20)13-17-7-5-6-8-19(17)22/h5-8,14H,9-13H2,1-4H3. The molecule has 1 saturated heterocycles. The summed E-state index contributed by atoms with van der Waals surface area (Å²) in [5.74, 6) is 2.00. The van der Waals surface area contributed by atoms with Crippen molar-refractivity contribution in [2.75, 3.05) is 31.1 Å². The van der Waals surface area contributed by atoms with Gasteiger partial charge in [0.1, 0.15) is 11.6 Å². The number of hydrogen-bond donors (Lipinski definition) is 0. The number of aryl methyl sites for hydroxylation is 2. The maximum Gasteiger partial charge on any atom is 0.225 e. The second-order valence-corrected chi connectivity index (χ2v) is 7.80. The van der Waals surface area contributed by atoms with E-state index in [1.165, 1.54) is 0 Å². The number of carbonyl (C=O) groups is 1. The zero-order valence-electron chi connectivity index (χ0n) is 16.5. The van der Waals surface area contributed by atoms with Crippen LogP contribution in [0, 0.1) is 19.8 Å². The Morgan fingerprint density at radius 1 is 1.11 bits per heavy atom. The summed E-state index contributed by atoms with van der Waals surface area (Å²) in [6.07, 6.45) is 0.701. The fraction of sp³-hybridized carbons (Fsp3) is 0.476. The molecule has 6 heteroatoms. The van der Waals surface area contributed by atoms with Gasteiger partial charge in [0.2, 0.25) is 5.91 Å². The zero-order chi connectivity index (χ0) is 19.6. The fourth-order valence-corrected chi connectivity index (χ4v) is 3.72. The van der Waals surface area contributed by atoms with Gasteiger partial charge in [0, 0.05) is 54.8 Å². The second kappa shape index (κ2) is 8.26. The highest BCUT2D eigenvalue weighted by molar-refractivity contribution is 6.31. The monoisotopic (exact) mass is 386 g/mol. The van der Waals surface area contributed by atoms with E-state index in [1.807, 2.05) is 56.9 Å². The van der Waals surface area contributed by atoms with Crippen molar-refractivity contribution in [3.63, 3.8) is 0 Å². The van der Waals surface area contributed by atoms with E-state index >= 15 is 0 Å². The predicted octanol–water partition coefficient (Wildman–Crippen LogP) is 3.64. The van der Waals surface area contributed by atoms with Crippen molar-refractivity contribution in [2.24, 2.45) is 5.92 Å². The summed E-state index contributed by atoms with van der Waals surface area (Å²) in [5, 5.41) is 0.760. The van der Waals surface area contributed by atoms with Crippen LogP contribution in [0.25, 0.3) is 0 Å². The first kappa shape index (κ1) is 19.6. The molecule has 0 atom stereocenters. The number of amides is 1. The average Bonchev–Trinajstić information content (AvgIpc) is 2.64. The van der Waals surface area contributed by atoms with Gasteiger partial charge in [-0.2, -0.15) is 0 Å². The first-order chi connectivity index (χ1) is 12.9. The molecule has 1 fully saturated rings. The van der Waals surface area contributed by atoms with Crippen molar-refractivity contribution in [2.45, 2.75) is 34.1 Å². The largest absolute Gasteiger partial charge is 0.353 e. The van der Waals surface area contributed by atoms with Crippen molar-refractivity contribution in [1.29, 1.82) is 0 Å². The molecule has 0 unspecified atom stereocenters. The van der Waals surface area contributed by atoms with Gasteiger partial charge in [-0.15, -0.1) is 0 Å². The molecule has 0 bridgehead atoms. The lowest BCUT2D eigenvalue weighted by molar-refractivity contribution is -0.134. The van der Waals surface area contributed by atoms with Crippen molar-refractivity contribution in [3.05, 3.63) is 51.9 Å². The molecule has 0 N–H and O–H groups in total. The number of halogens is 1. The van der Waals surface area contributed by atoms with Crippen LogP contribution in [0.1, 0.15) is 36.5 Å². The predicted molar refractivity (Wildman–Crippen MR) is 109 cm³/mol. The Balaban J connectivity index is 1.86. The highest BCUT2D eigenvalue weighted by Gasteiger charge is 2.26. The first-order valence-corrected chi connectivity index (χ1v) is 9.86. The molecule has 1 aliphatic rings. The van der Waals surface area contributed by atoms with Gasteiger partial charge in [-0.1, -0.05) is 43.6 Å². The van der Waals surface area contributed by atoms with Crippen LogP contribution >= 0.6 is 11.6 Å². The third-order valence-electron chi connectivity index (χ3n) is 5.01. The van der Waals surface area contributed by atoms with Gasteiger partial charge in [0.15, 0.2) is 0 Å². The van der Waals surface area contributed by atoms with Crippen molar-refractivity contribution in [1.82, 2.24) is 14.9 Å². The zero-order valence-corrected chi connectivity index (χ0v) is 17.3. The summed E-state index contributed by atoms with van der Waals surface area (Å²) in [4.78, 5) is 25.8. The number of rotatable bonds is 4. The van der Waals surface area contributed by atoms with Gasteiger partial charge in [-0.25, -0.2) is 9.97 Å². The van der Waals surface area contributed by atoms with Gasteiger partial charge in [-0.05, 0) is 25.5 Å². The highest BCUT2D eigenvalue weighted by Crippen LogP contribution is 2.27. The van der Waals surface area contributed by atoms with Crippen LogP contribution in [0.15, 0.2) is 24.3 Å². The van der Waals surface area contributed by atoms with E-state index in [0.29, 0.717) is 6.42 Å². The van der Waals surface area contributed by atoms with Crippen molar-refractivity contribution in [3.8, 4) is 0 Å². The van der Waals surface area contributed by atoms with E-state index in [-0.39, 0.29) is 11.8 Å². The van der Waals surface area contributed by atoms with E-state index < -0.39 is 0 Å². The Morgan fingerprint density at radius 3 is 2.41 bits per heavy atom. The van der Waals surface area contributed by atoms with Crippen LogP contribution in [-0.2, 0) is 11.2 Å². The van der Waals surface area contributed by atoms with E-state index in [9.17, 15) is 4.79 Å². The summed E-state index contributed by atoms with van der Waals surface area (Å²) < 4.78 is 0. The molecule has 0 saturated carbocycles. The number of hydrogen-bond acceptors (Lipinski definition) is 4. The van der Waals surface area contributed by atoms with Gasteiger partial charge in [0.25, 0.3) is 0 Å². The van der Waals surface area contributed by atoms with Crippen LogP contribution in [-0.4, -0.2) is 47.0 Å². The maximum absolute atomic E-state index is 12.3. The van der Waals surface area contributed by atoms with Gasteiger partial charge in [-0.3, -0.25) is 4.79 Å². The molecule has 2 heterocycles. The van der Waals surface area contributed by atoms with Crippen LogP contribution in [0.4, 0.5) is 5.82 Å². The third-order valence-corrected chi connectivity index (χ3v) is 5.38. The molecule has 144 valence electrons. The molecule has 27 heavy (non-hydrogen) atoms. The Labute approximate surface area is 166 Å². The Kier molecular flexibility index (Phi) is 6.00. The number of aromatic nitrogens is 2. The first-order valence-electron chi connectivity index (χ1n) is 9.48. The molecule has 5 nitrogen and oxygen atoms in total. The maximum atomic E-state index is 12.3. The molecule has 0 radical (unpaired) electrons. The normalized spacial score (nSPS) is 14.7. The molecule has 0 spiro atoms. The topological polar surface area (TPSA) is 49.3 Å². The SMILES string of the molecule is Cc1nc(C)c(Cc2ccccc2Cl)c(N2CCN(C(=O)C(C)C)CC2)n1. The Bertz CT molecular complexity index is 829. The molecule has 2 aromatic rings. The number of nitrogens with zero attached hydrogens (tertiary/aromatic N) is 4. The molecule has 1 aliphatic heterocycles. The second-order valence-electron chi connectivity index (χ2n) is 7.39. The average molecular weight is 387 g/mol. The van der Waals surface area contributed by atoms with Crippen molar-refractivity contribution >= 4 is 23.3 Å². The van der Waals surface area contributed by atoms with Crippen LogP contribution in [0.5, 0.6) is 0 Å². The highest BCUT2D eigenvalue weighted by atomic mass is 35.5. The van der Waals surface area contributed by atoms with E-state index in [4.69, 9.17) is 16.6 Å². The third kappa shape index (κ3) is 4.41. The van der Waals surface area contributed by atoms with E-state index in [2.05, 4.69) is 9.88 Å². The summed E-state index contributed by atoms with van der Waals surface area (Å²) in [6.45, 7) is 10.9. The lowest BCUT2D eigenvalue weighted by atomic mass is 10.0. The number of benzene rings is 1. The number of carbonyl (C=O) groups excluding carboxylic acids is 1. The van der Waals surface area contributed by atoms with E-state index in [1.54, 1.807) is 0 Å². The van der Waals surface area contributed by atoms with Crippen LogP contribution < -0.4 is 4.90 Å².